The van der Waals surface area contributed by atoms with E-state index in [4.69, 9.17) is 4.74 Å². The number of carbonyl (C=O) groups is 1. The Morgan fingerprint density at radius 1 is 1.59 bits per heavy atom. The smallest absolute Gasteiger partial charge is 0.135 e. The average Bonchev–Trinajstić information content (AvgIpc) is 2.69. The maximum Gasteiger partial charge on any atom is 0.135 e. The van der Waals surface area contributed by atoms with E-state index in [1.54, 1.807) is 6.07 Å². The fourth-order valence-corrected chi connectivity index (χ4v) is 2.29. The summed E-state index contributed by atoms with van der Waals surface area (Å²) in [6, 6.07) is 4.58. The van der Waals surface area contributed by atoms with Gasteiger partial charge < -0.3 is 4.74 Å². The van der Waals surface area contributed by atoms with Gasteiger partial charge in [0, 0.05) is 24.3 Å². The molecule has 0 saturated carbocycles. The topological polar surface area (TPSA) is 26.3 Å². The molecule has 0 aliphatic carbocycles. The van der Waals surface area contributed by atoms with Crippen molar-refractivity contribution in [3.05, 3.63) is 29.6 Å². The van der Waals surface area contributed by atoms with Crippen molar-refractivity contribution in [1.29, 1.82) is 0 Å². The largest absolute Gasteiger partial charge is 0.490 e. The first kappa shape index (κ1) is 12.1. The van der Waals surface area contributed by atoms with Crippen LogP contribution in [-0.2, 0) is 11.2 Å². The molecule has 0 bridgehead atoms. The van der Waals surface area contributed by atoms with Crippen molar-refractivity contribution in [2.24, 2.45) is 5.92 Å². The summed E-state index contributed by atoms with van der Waals surface area (Å²) in [6.45, 7) is 3.80. The summed E-state index contributed by atoms with van der Waals surface area (Å²) in [5, 5.41) is 0. The molecule has 1 aliphatic rings. The van der Waals surface area contributed by atoms with Crippen LogP contribution in [0.1, 0.15) is 32.3 Å². The summed E-state index contributed by atoms with van der Waals surface area (Å²) < 4.78 is 18.7. The monoisotopic (exact) mass is 236 g/mol. The SMILES string of the molecule is CCC(=O)C(C)CC1Cc2cc(F)ccc2O1. The van der Waals surface area contributed by atoms with Crippen LogP contribution in [0.3, 0.4) is 0 Å². The van der Waals surface area contributed by atoms with Crippen LogP contribution >= 0.6 is 0 Å². The van der Waals surface area contributed by atoms with E-state index < -0.39 is 0 Å². The summed E-state index contributed by atoms with van der Waals surface area (Å²) >= 11 is 0. The summed E-state index contributed by atoms with van der Waals surface area (Å²) in [5.41, 5.74) is 0.908. The number of halogens is 1. The molecule has 1 heterocycles. The number of ketones is 1. The van der Waals surface area contributed by atoms with Gasteiger partial charge in [0.2, 0.25) is 0 Å². The van der Waals surface area contributed by atoms with Gasteiger partial charge in [-0.15, -0.1) is 0 Å². The lowest BCUT2D eigenvalue weighted by atomic mass is 9.95. The molecule has 2 rings (SSSR count). The van der Waals surface area contributed by atoms with Crippen LogP contribution < -0.4 is 4.74 Å². The minimum Gasteiger partial charge on any atom is -0.490 e. The number of fused-ring (bicyclic) bond motifs is 1. The molecule has 0 radical (unpaired) electrons. The molecule has 92 valence electrons. The molecule has 3 heteroatoms. The molecule has 0 amide bonds. The van der Waals surface area contributed by atoms with Crippen molar-refractivity contribution >= 4 is 5.78 Å². The van der Waals surface area contributed by atoms with Gasteiger partial charge >= 0.3 is 0 Å². The van der Waals surface area contributed by atoms with Crippen LogP contribution in [0.5, 0.6) is 5.75 Å². The molecular weight excluding hydrogens is 219 g/mol. The third-order valence-electron chi connectivity index (χ3n) is 3.28. The quantitative estimate of drug-likeness (QED) is 0.802. The van der Waals surface area contributed by atoms with Crippen molar-refractivity contribution in [1.82, 2.24) is 0 Å². The third kappa shape index (κ3) is 2.65. The van der Waals surface area contributed by atoms with Gasteiger partial charge in [-0.2, -0.15) is 0 Å². The molecule has 1 aromatic carbocycles. The van der Waals surface area contributed by atoms with Crippen LogP contribution in [0, 0.1) is 11.7 Å². The fraction of sp³-hybridized carbons (Fsp3) is 0.500. The molecular formula is C14H17FO2. The Hall–Kier alpha value is -1.38. The number of carbonyl (C=O) groups excluding carboxylic acids is 1. The zero-order valence-electron chi connectivity index (χ0n) is 10.2. The van der Waals surface area contributed by atoms with Gasteiger partial charge in [-0.3, -0.25) is 4.79 Å². The Kier molecular flexibility index (Phi) is 3.46. The lowest BCUT2D eigenvalue weighted by Gasteiger charge is -2.15. The summed E-state index contributed by atoms with van der Waals surface area (Å²) in [5.74, 6) is 0.804. The van der Waals surface area contributed by atoms with E-state index >= 15 is 0 Å². The van der Waals surface area contributed by atoms with Crippen molar-refractivity contribution in [2.45, 2.75) is 39.2 Å². The molecule has 0 fully saturated rings. The minimum atomic E-state index is -0.231. The van der Waals surface area contributed by atoms with Gasteiger partial charge in [0.1, 0.15) is 23.5 Å². The van der Waals surface area contributed by atoms with Gasteiger partial charge in [0.25, 0.3) is 0 Å². The van der Waals surface area contributed by atoms with Crippen molar-refractivity contribution < 1.29 is 13.9 Å². The first-order chi connectivity index (χ1) is 8.10. The normalized spacial score (nSPS) is 19.6. The fourth-order valence-electron chi connectivity index (χ4n) is 2.29. The summed E-state index contributed by atoms with van der Waals surface area (Å²) in [6.07, 6.45) is 1.99. The Balaban J connectivity index is 1.98. The number of hydrogen-bond donors (Lipinski definition) is 0. The highest BCUT2D eigenvalue weighted by Gasteiger charge is 2.26. The second-order valence-electron chi connectivity index (χ2n) is 4.65. The number of hydrogen-bond acceptors (Lipinski definition) is 2. The molecule has 1 aliphatic heterocycles. The van der Waals surface area contributed by atoms with E-state index in [2.05, 4.69) is 0 Å². The second kappa shape index (κ2) is 4.86. The zero-order chi connectivity index (χ0) is 12.4. The third-order valence-corrected chi connectivity index (χ3v) is 3.28. The van der Waals surface area contributed by atoms with E-state index in [-0.39, 0.29) is 23.6 Å². The highest BCUT2D eigenvalue weighted by Crippen LogP contribution is 2.31. The van der Waals surface area contributed by atoms with Crippen LogP contribution in [0.2, 0.25) is 0 Å². The molecule has 0 spiro atoms. The number of benzene rings is 1. The summed E-state index contributed by atoms with van der Waals surface area (Å²) in [7, 11) is 0. The molecule has 0 aromatic heterocycles. The molecule has 17 heavy (non-hydrogen) atoms. The van der Waals surface area contributed by atoms with E-state index in [1.807, 2.05) is 13.8 Å². The van der Waals surface area contributed by atoms with Gasteiger partial charge in [0.15, 0.2) is 0 Å². The maximum absolute atomic E-state index is 13.0. The Bertz CT molecular complexity index is 428. The van der Waals surface area contributed by atoms with Crippen molar-refractivity contribution in [2.75, 3.05) is 0 Å². The van der Waals surface area contributed by atoms with Gasteiger partial charge in [0.05, 0.1) is 0 Å². The lowest BCUT2D eigenvalue weighted by Crippen LogP contribution is -2.21. The van der Waals surface area contributed by atoms with E-state index in [1.165, 1.54) is 12.1 Å². The van der Waals surface area contributed by atoms with Gasteiger partial charge in [-0.1, -0.05) is 13.8 Å². The zero-order valence-corrected chi connectivity index (χ0v) is 10.2. The maximum atomic E-state index is 13.0. The predicted octanol–water partition coefficient (Wildman–Crippen LogP) is 3.13. The van der Waals surface area contributed by atoms with Crippen molar-refractivity contribution in [3.63, 3.8) is 0 Å². The van der Waals surface area contributed by atoms with Crippen LogP contribution in [-0.4, -0.2) is 11.9 Å². The van der Waals surface area contributed by atoms with Crippen LogP contribution in [0.4, 0.5) is 4.39 Å². The standard InChI is InChI=1S/C14H17FO2/c1-3-13(16)9(2)6-12-8-10-7-11(15)4-5-14(10)17-12/h4-5,7,9,12H,3,6,8H2,1-2H3. The molecule has 2 unspecified atom stereocenters. The van der Waals surface area contributed by atoms with E-state index in [0.717, 1.165) is 11.3 Å². The molecule has 2 nitrogen and oxygen atoms in total. The number of Topliss-reactive ketones (excluding diaryl/α,β-unsaturated/α-hetero) is 1. The predicted molar refractivity (Wildman–Crippen MR) is 63.6 cm³/mol. The minimum absolute atomic E-state index is 0.0114. The van der Waals surface area contributed by atoms with E-state index in [9.17, 15) is 9.18 Å². The summed E-state index contributed by atoms with van der Waals surface area (Å²) in [4.78, 5) is 11.5. The lowest BCUT2D eigenvalue weighted by molar-refractivity contribution is -0.122. The highest BCUT2D eigenvalue weighted by atomic mass is 19.1. The molecule has 0 saturated heterocycles. The number of rotatable bonds is 4. The highest BCUT2D eigenvalue weighted by molar-refractivity contribution is 5.80. The first-order valence-electron chi connectivity index (χ1n) is 6.08. The van der Waals surface area contributed by atoms with Crippen LogP contribution in [0.25, 0.3) is 0 Å². The first-order valence-corrected chi connectivity index (χ1v) is 6.08. The Morgan fingerprint density at radius 2 is 2.35 bits per heavy atom. The molecule has 2 atom stereocenters. The number of ether oxygens (including phenoxy) is 1. The van der Waals surface area contributed by atoms with Crippen LogP contribution in [0.15, 0.2) is 18.2 Å². The molecule has 1 aromatic rings. The molecule has 0 N–H and O–H groups in total. The van der Waals surface area contributed by atoms with Gasteiger partial charge in [-0.25, -0.2) is 4.39 Å². The van der Waals surface area contributed by atoms with Gasteiger partial charge in [-0.05, 0) is 24.6 Å². The Labute approximate surface area is 101 Å². The van der Waals surface area contributed by atoms with E-state index in [0.29, 0.717) is 19.3 Å². The van der Waals surface area contributed by atoms with Crippen molar-refractivity contribution in [3.8, 4) is 5.75 Å². The Morgan fingerprint density at radius 3 is 3.06 bits per heavy atom. The second-order valence-corrected chi connectivity index (χ2v) is 4.65. The average molecular weight is 236 g/mol.